The monoisotopic (exact) mass is 1140 g/mol. The first-order valence-corrected chi connectivity index (χ1v) is 24.4. The molecule has 0 radical (unpaired) electrons. The zero-order valence-electron chi connectivity index (χ0n) is 41.8. The predicted octanol–water partition coefficient (Wildman–Crippen LogP) is -13.7. The van der Waals surface area contributed by atoms with Crippen LogP contribution in [0, 0.1) is 0 Å². The molecule has 30 atom stereocenters. The molecule has 35 nitrogen and oxygen atoms in total. The minimum absolute atomic E-state index is 0.163. The second-order valence-corrected chi connectivity index (χ2v) is 19.3. The van der Waals surface area contributed by atoms with Crippen LogP contribution in [0.25, 0.3) is 0 Å². The van der Waals surface area contributed by atoms with Crippen molar-refractivity contribution in [1.82, 2.24) is 10.6 Å². The van der Waals surface area contributed by atoms with Gasteiger partial charge in [-0.1, -0.05) is 0 Å². The van der Waals surface area contributed by atoms with E-state index in [4.69, 9.17) is 47.4 Å². The number of ether oxygens (including phenoxy) is 10. The van der Waals surface area contributed by atoms with Gasteiger partial charge < -0.3 is 160 Å². The maximum atomic E-state index is 13.1. The summed E-state index contributed by atoms with van der Waals surface area (Å²) in [5, 5.41) is 208. The van der Waals surface area contributed by atoms with Gasteiger partial charge in [-0.2, -0.15) is 0 Å². The van der Waals surface area contributed by atoms with Crippen LogP contribution in [-0.4, -0.2) is 338 Å². The predicted molar refractivity (Wildman–Crippen MR) is 239 cm³/mol. The topological polar surface area (TPSA) is 569 Å². The fourth-order valence-corrected chi connectivity index (χ4v) is 9.50. The Hall–Kier alpha value is -3.04. The number of rotatable bonds is 24. The summed E-state index contributed by atoms with van der Waals surface area (Å²) < 4.78 is 58.0. The number of carboxylic acid groups (broad SMARTS) is 1. The molecule has 0 aliphatic carbocycles. The molecule has 0 aromatic rings. The van der Waals surface area contributed by atoms with E-state index in [9.17, 15) is 116 Å². The van der Waals surface area contributed by atoms with Gasteiger partial charge in [0.15, 0.2) is 31.4 Å². The normalized spacial score (nSPS) is 43.8. The third-order valence-electron chi connectivity index (χ3n) is 13.7. The molecule has 5 aliphatic rings. The molecule has 5 aliphatic heterocycles. The summed E-state index contributed by atoms with van der Waals surface area (Å²) >= 11 is 0. The zero-order valence-corrected chi connectivity index (χ0v) is 41.8. The van der Waals surface area contributed by atoms with Crippen LogP contribution in [0.3, 0.4) is 0 Å². The van der Waals surface area contributed by atoms with Gasteiger partial charge in [-0.25, -0.2) is 4.79 Å². The number of hydrogen-bond acceptors (Lipinski definition) is 32. The van der Waals surface area contributed by atoms with Gasteiger partial charge in [0, 0.05) is 20.3 Å². The van der Waals surface area contributed by atoms with Crippen molar-refractivity contribution in [2.24, 2.45) is 0 Å². The van der Waals surface area contributed by atoms with E-state index in [2.05, 4.69) is 10.6 Å². The largest absolute Gasteiger partial charge is 0.477 e. The number of carbonyl (C=O) groups excluding carboxylic acids is 3. The molecule has 2 amide bonds. The lowest BCUT2D eigenvalue weighted by Crippen LogP contribution is -2.72. The molecule has 452 valence electrons. The molecule has 2 unspecified atom stereocenters. The van der Waals surface area contributed by atoms with Crippen molar-refractivity contribution in [3.63, 3.8) is 0 Å². The Morgan fingerprint density at radius 1 is 0.603 bits per heavy atom. The quantitative estimate of drug-likeness (QED) is 0.0399. The molecule has 78 heavy (non-hydrogen) atoms. The molecule has 0 bridgehead atoms. The Labute approximate surface area is 441 Å². The Bertz CT molecular complexity index is 1930. The Balaban J connectivity index is 1.57. The van der Waals surface area contributed by atoms with Crippen molar-refractivity contribution in [1.29, 1.82) is 0 Å². The summed E-state index contributed by atoms with van der Waals surface area (Å²) in [5.74, 6) is -7.21. The van der Waals surface area contributed by atoms with Crippen LogP contribution in [-0.2, 0) is 66.5 Å². The Kier molecular flexibility index (Phi) is 23.9. The second kappa shape index (κ2) is 28.3. The molecular weight excluding hydrogens is 1070 g/mol. The molecule has 5 heterocycles. The lowest BCUT2D eigenvalue weighted by Gasteiger charge is -2.52. The summed E-state index contributed by atoms with van der Waals surface area (Å²) in [5.41, 5.74) is 0. The highest BCUT2D eigenvalue weighted by molar-refractivity contribution is 5.76. The van der Waals surface area contributed by atoms with Crippen molar-refractivity contribution in [2.75, 3.05) is 33.0 Å². The van der Waals surface area contributed by atoms with Gasteiger partial charge in [-0.15, -0.1) is 0 Å². The Morgan fingerprint density at radius 3 is 1.64 bits per heavy atom. The molecule has 0 aromatic heterocycles. The number of carboxylic acids is 1. The van der Waals surface area contributed by atoms with Crippen LogP contribution in [0.1, 0.15) is 27.2 Å². The standard InChI is InChI=1S/C43H72N2O33/c1-11-23(58)28(63)29(64)39(69-11)75-35-22(45-13(3)53)38(76-36-26(61)18(8-49)70-40(30(36)65)73-32(17(57)7-48)24(59)15(55)5-46)72-20(10-51)33(35)74-41-31(66)37(27(62)19(9-50)71-41)78-43(42(67)68)4-14(54)21(44-12(2)52)34(77-43)25(60)16(56)6-47/h5,11,14-41,47-51,54-66H,4,6-10H2,1-3H3,(H,44,52)(H,45,53)(H,67,68)/t11-,14-,15-,16+,17+,18+,19+,20+,21+,22+,23+,24+,25?,26-,27-,28+,29-,30+,31+,32+,33+,34+,35+,36-,37-,38-,39?,40-,41-,43-/m0/s1. The van der Waals surface area contributed by atoms with Crippen molar-refractivity contribution >= 4 is 24.1 Å². The minimum Gasteiger partial charge on any atom is -0.477 e. The fraction of sp³-hybridized carbons (Fsp3) is 0.907. The van der Waals surface area contributed by atoms with Crippen LogP contribution < -0.4 is 10.6 Å². The average molecular weight is 1150 g/mol. The number of aliphatic hydroxyl groups is 18. The van der Waals surface area contributed by atoms with Gasteiger partial charge in [-0.3, -0.25) is 9.59 Å². The molecule has 0 aromatic carbocycles. The lowest BCUT2D eigenvalue weighted by molar-refractivity contribution is -0.398. The van der Waals surface area contributed by atoms with E-state index in [1.807, 2.05) is 0 Å². The number of nitrogens with one attached hydrogen (secondary N) is 2. The number of aliphatic hydroxyl groups excluding tert-OH is 18. The number of carbonyl (C=O) groups is 4. The van der Waals surface area contributed by atoms with E-state index in [1.54, 1.807) is 0 Å². The smallest absolute Gasteiger partial charge is 0.364 e. The van der Waals surface area contributed by atoms with Crippen LogP contribution in [0.5, 0.6) is 0 Å². The summed E-state index contributed by atoms with van der Waals surface area (Å²) in [7, 11) is 0. The molecule has 0 saturated carbocycles. The third-order valence-corrected chi connectivity index (χ3v) is 13.7. The molecule has 21 N–H and O–H groups in total. The third kappa shape index (κ3) is 14.4. The summed E-state index contributed by atoms with van der Waals surface area (Å²) in [6.45, 7) is -2.73. The number of hydrogen-bond donors (Lipinski definition) is 21. The van der Waals surface area contributed by atoms with E-state index >= 15 is 0 Å². The number of amides is 2. The van der Waals surface area contributed by atoms with Crippen LogP contribution in [0.2, 0.25) is 0 Å². The molecule has 35 heteroatoms. The first-order chi connectivity index (χ1) is 36.6. The SMILES string of the molecule is CC(=O)N[C@@H]1[C@@H](O)C[C@](O[C@H]2[C@@H](O)[C@@H](CO)O[C@@H](O[C@H]3[C@H](OC4O[C@@H](C)[C@@H](O)[C@@H](O)[C@@H]4O)[C@@H](NC(C)=O)[C@H](O[C@H]4[C@@H](O)[C@@H](CO)O[C@@H](O[C@@H]([C@H](O)[C@@H](O)C=O)[C@H](O)CO)[C@@H]4O)O[C@@H]3CO)[C@@H]2O)(C(=O)O)O[C@H]1C(O)[C@H](O)CO. The molecule has 5 saturated heterocycles. The Morgan fingerprint density at radius 2 is 1.10 bits per heavy atom. The first kappa shape index (κ1) is 65.8. The summed E-state index contributed by atoms with van der Waals surface area (Å²) in [4.78, 5) is 49.7. The van der Waals surface area contributed by atoms with E-state index < -0.39 is 241 Å². The van der Waals surface area contributed by atoms with Crippen LogP contribution in [0.15, 0.2) is 0 Å². The highest BCUT2D eigenvalue weighted by Crippen LogP contribution is 2.40. The highest BCUT2D eigenvalue weighted by Gasteiger charge is 2.62. The molecule has 5 rings (SSSR count). The fourth-order valence-electron chi connectivity index (χ4n) is 9.50. The molecule has 0 spiro atoms. The van der Waals surface area contributed by atoms with Crippen molar-refractivity contribution in [3.05, 3.63) is 0 Å². The van der Waals surface area contributed by atoms with Gasteiger partial charge in [-0.05, 0) is 6.92 Å². The average Bonchev–Trinajstić information content (AvgIpc) is 3.44. The number of aldehydes is 1. The first-order valence-electron chi connectivity index (χ1n) is 24.4. The van der Waals surface area contributed by atoms with Crippen molar-refractivity contribution in [2.45, 2.75) is 211 Å². The highest BCUT2D eigenvalue weighted by atomic mass is 16.8. The van der Waals surface area contributed by atoms with Gasteiger partial charge >= 0.3 is 5.97 Å². The summed E-state index contributed by atoms with van der Waals surface area (Å²) in [6.07, 6.45) is -58.5. The van der Waals surface area contributed by atoms with E-state index in [1.165, 1.54) is 6.92 Å². The van der Waals surface area contributed by atoms with Gasteiger partial charge in [0.2, 0.25) is 11.8 Å². The van der Waals surface area contributed by atoms with Crippen molar-refractivity contribution in [3.8, 4) is 0 Å². The lowest BCUT2D eigenvalue weighted by atomic mass is 9.88. The van der Waals surface area contributed by atoms with Gasteiger partial charge in [0.1, 0.15) is 134 Å². The van der Waals surface area contributed by atoms with Gasteiger partial charge in [0.25, 0.3) is 5.79 Å². The maximum Gasteiger partial charge on any atom is 0.364 e. The van der Waals surface area contributed by atoms with E-state index in [-0.39, 0.29) is 6.29 Å². The minimum atomic E-state index is -3.26. The summed E-state index contributed by atoms with van der Waals surface area (Å²) in [6, 6.07) is -3.69. The van der Waals surface area contributed by atoms with E-state index in [0.717, 1.165) is 13.8 Å². The van der Waals surface area contributed by atoms with Crippen LogP contribution in [0.4, 0.5) is 0 Å². The second-order valence-electron chi connectivity index (χ2n) is 19.3. The molecule has 5 fully saturated rings. The molecular formula is C43H72N2O33. The van der Waals surface area contributed by atoms with Gasteiger partial charge in [0.05, 0.1) is 51.3 Å². The van der Waals surface area contributed by atoms with Crippen LogP contribution >= 0.6 is 0 Å². The number of aliphatic carboxylic acids is 1. The van der Waals surface area contributed by atoms with Crippen molar-refractivity contribution < 1.29 is 164 Å². The zero-order chi connectivity index (χ0) is 58.4. The maximum absolute atomic E-state index is 13.1. The van der Waals surface area contributed by atoms with E-state index in [0.29, 0.717) is 0 Å².